The van der Waals surface area contributed by atoms with Crippen molar-refractivity contribution in [2.75, 3.05) is 19.8 Å². The number of rotatable bonds is 4. The molecule has 0 saturated carbocycles. The van der Waals surface area contributed by atoms with Crippen LogP contribution in [0.15, 0.2) is 36.4 Å². The maximum absolute atomic E-state index is 12.8. The lowest BCUT2D eigenvalue weighted by molar-refractivity contribution is -0.120. The minimum absolute atomic E-state index is 0.168. The minimum Gasteiger partial charge on any atom is -0.490 e. The van der Waals surface area contributed by atoms with Crippen LogP contribution in [0.4, 0.5) is 0 Å². The molecule has 2 aromatic carbocycles. The van der Waals surface area contributed by atoms with E-state index in [-0.39, 0.29) is 5.78 Å². The SMILES string of the molecule is CC(Oc1ccc(Cl)cc1Cl)C(=O)C=C1NCCc2cc3c(cc21)OCCCO3. The van der Waals surface area contributed by atoms with E-state index in [4.69, 9.17) is 37.4 Å². The lowest BCUT2D eigenvalue weighted by atomic mass is 9.96. The highest BCUT2D eigenvalue weighted by Gasteiger charge is 2.22. The zero-order valence-corrected chi connectivity index (χ0v) is 17.5. The lowest BCUT2D eigenvalue weighted by Gasteiger charge is -2.23. The highest BCUT2D eigenvalue weighted by molar-refractivity contribution is 6.35. The molecule has 4 rings (SSSR count). The number of halogens is 2. The Balaban J connectivity index is 1.57. The summed E-state index contributed by atoms with van der Waals surface area (Å²) in [5, 5.41) is 4.19. The van der Waals surface area contributed by atoms with E-state index in [0.29, 0.717) is 34.8 Å². The minimum atomic E-state index is -0.700. The summed E-state index contributed by atoms with van der Waals surface area (Å²) in [5.41, 5.74) is 2.83. The average molecular weight is 434 g/mol. The fourth-order valence-electron chi connectivity index (χ4n) is 3.34. The molecule has 0 fully saturated rings. The van der Waals surface area contributed by atoms with Gasteiger partial charge in [-0.25, -0.2) is 0 Å². The van der Waals surface area contributed by atoms with Crippen LogP contribution in [0, 0.1) is 0 Å². The first-order valence-electron chi connectivity index (χ1n) is 9.55. The molecular formula is C22H21Cl2NO4. The third-order valence-corrected chi connectivity index (χ3v) is 5.39. The van der Waals surface area contributed by atoms with Gasteiger partial charge < -0.3 is 19.5 Å². The summed E-state index contributed by atoms with van der Waals surface area (Å²) in [5.74, 6) is 1.73. The molecule has 1 unspecified atom stereocenters. The van der Waals surface area contributed by atoms with Crippen LogP contribution in [-0.4, -0.2) is 31.6 Å². The van der Waals surface area contributed by atoms with Gasteiger partial charge in [-0.15, -0.1) is 0 Å². The number of carbonyl (C=O) groups is 1. The number of carbonyl (C=O) groups excluding carboxylic acids is 1. The van der Waals surface area contributed by atoms with Crippen LogP contribution in [0.2, 0.25) is 10.0 Å². The van der Waals surface area contributed by atoms with E-state index in [2.05, 4.69) is 5.32 Å². The Kier molecular flexibility index (Phi) is 5.88. The van der Waals surface area contributed by atoms with Gasteiger partial charge in [-0.1, -0.05) is 23.2 Å². The second-order valence-corrected chi connectivity index (χ2v) is 7.82. The largest absolute Gasteiger partial charge is 0.490 e. The molecule has 0 amide bonds. The summed E-state index contributed by atoms with van der Waals surface area (Å²) in [6.45, 7) is 3.70. The average Bonchev–Trinajstić information content (AvgIpc) is 2.93. The topological polar surface area (TPSA) is 56.8 Å². The molecule has 2 aliphatic heterocycles. The molecular weight excluding hydrogens is 413 g/mol. The Labute approximate surface area is 179 Å². The van der Waals surface area contributed by atoms with E-state index in [1.807, 2.05) is 12.1 Å². The summed E-state index contributed by atoms with van der Waals surface area (Å²) in [4.78, 5) is 12.8. The van der Waals surface area contributed by atoms with Crippen LogP contribution >= 0.6 is 23.2 Å². The van der Waals surface area contributed by atoms with Crippen LogP contribution < -0.4 is 19.5 Å². The first-order valence-corrected chi connectivity index (χ1v) is 10.3. The smallest absolute Gasteiger partial charge is 0.197 e. The normalized spacial score (nSPS) is 17.7. The monoisotopic (exact) mass is 433 g/mol. The van der Waals surface area contributed by atoms with E-state index in [1.54, 1.807) is 31.2 Å². The van der Waals surface area contributed by atoms with Crippen LogP contribution in [0.5, 0.6) is 17.2 Å². The highest BCUT2D eigenvalue weighted by Crippen LogP contribution is 2.36. The van der Waals surface area contributed by atoms with Crippen molar-refractivity contribution in [3.8, 4) is 17.2 Å². The fraction of sp³-hybridized carbons (Fsp3) is 0.318. The molecule has 1 N–H and O–H groups in total. The molecule has 152 valence electrons. The van der Waals surface area contributed by atoms with Crippen LogP contribution in [0.1, 0.15) is 24.5 Å². The van der Waals surface area contributed by atoms with Crippen molar-refractivity contribution in [3.05, 3.63) is 57.6 Å². The number of hydrogen-bond donors (Lipinski definition) is 1. The van der Waals surface area contributed by atoms with Gasteiger partial charge in [-0.3, -0.25) is 4.79 Å². The van der Waals surface area contributed by atoms with Gasteiger partial charge in [0, 0.05) is 35.3 Å². The van der Waals surface area contributed by atoms with E-state index >= 15 is 0 Å². The molecule has 0 spiro atoms. The van der Waals surface area contributed by atoms with Gasteiger partial charge in [0.1, 0.15) is 5.75 Å². The molecule has 7 heteroatoms. The summed E-state index contributed by atoms with van der Waals surface area (Å²) in [6.07, 6.45) is 2.58. The van der Waals surface area contributed by atoms with E-state index in [1.165, 1.54) is 0 Å². The Bertz CT molecular complexity index is 974. The third-order valence-electron chi connectivity index (χ3n) is 4.86. The predicted octanol–water partition coefficient (Wildman–Crippen LogP) is 4.68. The van der Waals surface area contributed by atoms with Gasteiger partial charge in [0.05, 0.1) is 18.2 Å². The van der Waals surface area contributed by atoms with E-state index < -0.39 is 6.10 Å². The summed E-state index contributed by atoms with van der Waals surface area (Å²) >= 11 is 12.1. The van der Waals surface area contributed by atoms with E-state index in [0.717, 1.165) is 42.0 Å². The lowest BCUT2D eigenvalue weighted by Crippen LogP contribution is -2.27. The highest BCUT2D eigenvalue weighted by atomic mass is 35.5. The first kappa shape index (κ1) is 19.9. The molecule has 0 aliphatic carbocycles. The maximum Gasteiger partial charge on any atom is 0.197 e. The fourth-order valence-corrected chi connectivity index (χ4v) is 3.80. The van der Waals surface area contributed by atoms with Gasteiger partial charge >= 0.3 is 0 Å². The molecule has 2 aliphatic rings. The molecule has 2 aromatic rings. The van der Waals surface area contributed by atoms with Gasteiger partial charge in [-0.05, 0) is 49.2 Å². The van der Waals surface area contributed by atoms with E-state index in [9.17, 15) is 4.79 Å². The molecule has 5 nitrogen and oxygen atoms in total. The maximum atomic E-state index is 12.8. The number of nitrogens with one attached hydrogen (secondary N) is 1. The molecule has 1 atom stereocenters. The summed E-state index contributed by atoms with van der Waals surface area (Å²) in [6, 6.07) is 8.87. The Morgan fingerprint density at radius 2 is 1.93 bits per heavy atom. The second kappa shape index (κ2) is 8.56. The number of benzene rings is 2. The first-order chi connectivity index (χ1) is 14.0. The van der Waals surface area contributed by atoms with Crippen molar-refractivity contribution in [1.29, 1.82) is 0 Å². The molecule has 2 heterocycles. The zero-order valence-electron chi connectivity index (χ0n) is 16.0. The van der Waals surface area contributed by atoms with Crippen molar-refractivity contribution < 1.29 is 19.0 Å². The van der Waals surface area contributed by atoms with Crippen molar-refractivity contribution in [2.24, 2.45) is 0 Å². The summed E-state index contributed by atoms with van der Waals surface area (Å²) in [7, 11) is 0. The van der Waals surface area contributed by atoms with Gasteiger partial charge in [0.2, 0.25) is 0 Å². The van der Waals surface area contributed by atoms with Crippen molar-refractivity contribution in [3.63, 3.8) is 0 Å². The predicted molar refractivity (Wildman–Crippen MR) is 113 cm³/mol. The zero-order chi connectivity index (χ0) is 20.4. The van der Waals surface area contributed by atoms with Crippen LogP contribution in [0.3, 0.4) is 0 Å². The number of hydrogen-bond acceptors (Lipinski definition) is 5. The number of fused-ring (bicyclic) bond motifs is 2. The summed E-state index contributed by atoms with van der Waals surface area (Å²) < 4.78 is 17.3. The second-order valence-electron chi connectivity index (χ2n) is 6.98. The van der Waals surface area contributed by atoms with Crippen molar-refractivity contribution in [2.45, 2.75) is 25.9 Å². The number of ether oxygens (including phenoxy) is 3. The molecule has 0 radical (unpaired) electrons. The van der Waals surface area contributed by atoms with Crippen LogP contribution in [0.25, 0.3) is 5.70 Å². The van der Waals surface area contributed by atoms with Gasteiger partial charge in [-0.2, -0.15) is 0 Å². The van der Waals surface area contributed by atoms with Crippen molar-refractivity contribution in [1.82, 2.24) is 5.32 Å². The Morgan fingerprint density at radius 1 is 1.17 bits per heavy atom. The van der Waals surface area contributed by atoms with Gasteiger partial charge in [0.15, 0.2) is 23.4 Å². The molecule has 29 heavy (non-hydrogen) atoms. The third kappa shape index (κ3) is 4.46. The molecule has 0 aromatic heterocycles. The van der Waals surface area contributed by atoms with Crippen LogP contribution in [-0.2, 0) is 11.2 Å². The van der Waals surface area contributed by atoms with Crippen molar-refractivity contribution >= 4 is 34.7 Å². The number of ketones is 1. The quantitative estimate of drug-likeness (QED) is 0.709. The Hall–Kier alpha value is -2.37. The standard InChI is InChI=1S/C22H21Cl2NO4/c1-13(29-20-4-3-15(23)10-17(20)24)19(26)12-18-16-11-22-21(27-7-2-8-28-22)9-14(16)5-6-25-18/h3-4,9-13,25H,2,5-8H2,1H3. The Morgan fingerprint density at radius 3 is 2.69 bits per heavy atom. The molecule has 0 bridgehead atoms. The van der Waals surface area contributed by atoms with Gasteiger partial charge in [0.25, 0.3) is 0 Å². The molecule has 0 saturated heterocycles.